The van der Waals surface area contributed by atoms with Gasteiger partial charge in [0, 0.05) is 12.3 Å². The third-order valence-corrected chi connectivity index (χ3v) is 2.26. The first-order valence-corrected chi connectivity index (χ1v) is 4.67. The van der Waals surface area contributed by atoms with Gasteiger partial charge in [-0.25, -0.2) is 9.63 Å². The lowest BCUT2D eigenvalue weighted by molar-refractivity contribution is -0.0232. The Balaban J connectivity index is 2.27. The summed E-state index contributed by atoms with van der Waals surface area (Å²) in [6.07, 6.45) is -0.421. The van der Waals surface area contributed by atoms with Crippen LogP contribution in [0.5, 0.6) is 0 Å². The Morgan fingerprint density at radius 1 is 1.56 bits per heavy atom. The Bertz CT molecular complexity index is 481. The number of nitrogens with one attached hydrogen (secondary N) is 1. The Hall–Kier alpha value is -1.64. The predicted molar refractivity (Wildman–Crippen MR) is 52.4 cm³/mol. The van der Waals surface area contributed by atoms with E-state index in [0.29, 0.717) is 0 Å². The molecule has 0 spiro atoms. The number of aliphatic hydroxyl groups is 2. The second-order valence-electron chi connectivity index (χ2n) is 3.38. The molecule has 0 amide bonds. The van der Waals surface area contributed by atoms with Crippen molar-refractivity contribution in [3.05, 3.63) is 33.1 Å². The number of rotatable bonds is 2. The van der Waals surface area contributed by atoms with Crippen LogP contribution >= 0.6 is 0 Å². The summed E-state index contributed by atoms with van der Waals surface area (Å²) >= 11 is 0. The van der Waals surface area contributed by atoms with Crippen molar-refractivity contribution < 1.29 is 15.1 Å². The molecule has 2 rings (SSSR count). The van der Waals surface area contributed by atoms with Crippen molar-refractivity contribution in [2.75, 3.05) is 18.3 Å². The van der Waals surface area contributed by atoms with Crippen molar-refractivity contribution in [1.29, 1.82) is 0 Å². The minimum Gasteiger partial charge on any atom is -0.393 e. The van der Waals surface area contributed by atoms with Crippen LogP contribution in [0.1, 0.15) is 0 Å². The van der Waals surface area contributed by atoms with Crippen LogP contribution in [0.3, 0.4) is 0 Å². The molecule has 1 aromatic heterocycles. The second kappa shape index (κ2) is 4.08. The van der Waals surface area contributed by atoms with Crippen molar-refractivity contribution >= 4 is 0 Å². The molecule has 88 valence electrons. The maximum Gasteiger partial charge on any atom is 0.348 e. The van der Waals surface area contributed by atoms with Gasteiger partial charge < -0.3 is 10.2 Å². The Morgan fingerprint density at radius 3 is 2.88 bits per heavy atom. The lowest BCUT2D eigenvalue weighted by Gasteiger charge is -2.17. The summed E-state index contributed by atoms with van der Waals surface area (Å²) in [4.78, 5) is 29.3. The van der Waals surface area contributed by atoms with Gasteiger partial charge in [0.1, 0.15) is 12.2 Å². The summed E-state index contributed by atoms with van der Waals surface area (Å²) in [6.45, 7) is -0.313. The van der Waals surface area contributed by atoms with Crippen molar-refractivity contribution in [2.24, 2.45) is 0 Å². The largest absolute Gasteiger partial charge is 0.393 e. The zero-order valence-electron chi connectivity index (χ0n) is 8.24. The molecule has 0 unspecified atom stereocenters. The van der Waals surface area contributed by atoms with Crippen LogP contribution in [0.2, 0.25) is 0 Å². The van der Waals surface area contributed by atoms with Gasteiger partial charge in [-0.3, -0.25) is 9.78 Å². The van der Waals surface area contributed by atoms with Gasteiger partial charge in [0.2, 0.25) is 0 Å². The SMILES string of the molecule is O=c1ccn(N2C[C@H](O)[C@@H](CO)O2)c(=O)[nH]1. The molecule has 2 atom stereocenters. The molecule has 1 aliphatic rings. The molecular weight excluding hydrogens is 218 g/mol. The molecule has 1 fully saturated rings. The molecule has 8 nitrogen and oxygen atoms in total. The van der Waals surface area contributed by atoms with Gasteiger partial charge in [-0.05, 0) is 0 Å². The molecule has 16 heavy (non-hydrogen) atoms. The van der Waals surface area contributed by atoms with E-state index >= 15 is 0 Å². The average Bonchev–Trinajstić information content (AvgIpc) is 2.59. The van der Waals surface area contributed by atoms with Crippen LogP contribution in [0.15, 0.2) is 21.9 Å². The van der Waals surface area contributed by atoms with Crippen molar-refractivity contribution in [3.8, 4) is 0 Å². The highest BCUT2D eigenvalue weighted by Crippen LogP contribution is 2.11. The van der Waals surface area contributed by atoms with Crippen LogP contribution in [-0.4, -0.2) is 45.2 Å². The zero-order valence-corrected chi connectivity index (χ0v) is 8.24. The fraction of sp³-hybridized carbons (Fsp3) is 0.500. The van der Waals surface area contributed by atoms with Crippen LogP contribution in [0.4, 0.5) is 0 Å². The van der Waals surface area contributed by atoms with Crippen molar-refractivity contribution in [3.63, 3.8) is 0 Å². The van der Waals surface area contributed by atoms with Gasteiger partial charge >= 0.3 is 5.69 Å². The van der Waals surface area contributed by atoms with E-state index in [1.807, 2.05) is 4.98 Å². The average molecular weight is 229 g/mol. The van der Waals surface area contributed by atoms with Gasteiger partial charge in [0.15, 0.2) is 0 Å². The first kappa shape index (κ1) is 10.9. The van der Waals surface area contributed by atoms with E-state index in [-0.39, 0.29) is 13.2 Å². The molecule has 1 saturated heterocycles. The first-order valence-electron chi connectivity index (χ1n) is 4.67. The van der Waals surface area contributed by atoms with Gasteiger partial charge in [-0.2, -0.15) is 9.85 Å². The summed E-state index contributed by atoms with van der Waals surface area (Å²) in [5.74, 6) is 0. The summed E-state index contributed by atoms with van der Waals surface area (Å²) in [5.41, 5.74) is -1.18. The highest BCUT2D eigenvalue weighted by Gasteiger charge is 2.33. The van der Waals surface area contributed by atoms with E-state index in [1.54, 1.807) is 0 Å². The van der Waals surface area contributed by atoms with Gasteiger partial charge in [0.05, 0.1) is 13.2 Å². The standard InChI is InChI=1S/C8H11N3O5/c12-4-6-5(13)3-11(16-6)10-2-1-7(14)9-8(10)15/h1-2,5-6,12-13H,3-4H2,(H,9,14,15)/t5-,6+/m0/s1. The maximum absolute atomic E-state index is 11.4. The molecule has 3 N–H and O–H groups in total. The number of β-amino-alcohol motifs (C(OH)–C–C–N with tert-alkyl or cyclic N) is 1. The fourth-order valence-corrected chi connectivity index (χ4v) is 1.43. The smallest absolute Gasteiger partial charge is 0.348 e. The summed E-state index contributed by atoms with van der Waals surface area (Å²) < 4.78 is 1.01. The quantitative estimate of drug-likeness (QED) is 0.503. The van der Waals surface area contributed by atoms with Crippen LogP contribution in [-0.2, 0) is 4.84 Å². The highest BCUT2D eigenvalue weighted by atomic mass is 16.7. The monoisotopic (exact) mass is 229 g/mol. The number of aromatic amines is 1. The van der Waals surface area contributed by atoms with E-state index < -0.39 is 23.5 Å². The first-order chi connectivity index (χ1) is 7.61. The molecule has 2 heterocycles. The minimum absolute atomic E-state index is 0.0389. The van der Waals surface area contributed by atoms with Crippen LogP contribution in [0.25, 0.3) is 0 Å². The topological polar surface area (TPSA) is 108 Å². The van der Waals surface area contributed by atoms with Crippen molar-refractivity contribution in [1.82, 2.24) is 9.66 Å². The molecule has 8 heteroatoms. The number of hydrogen-bond acceptors (Lipinski definition) is 6. The van der Waals surface area contributed by atoms with Gasteiger partial charge in [0.25, 0.3) is 5.56 Å². The number of H-pyrrole nitrogens is 1. The lowest BCUT2D eigenvalue weighted by atomic mass is 10.2. The third kappa shape index (κ3) is 1.85. The number of hydroxylamine groups is 1. The molecule has 0 radical (unpaired) electrons. The number of aliphatic hydroxyl groups excluding tert-OH is 2. The van der Waals surface area contributed by atoms with E-state index in [9.17, 15) is 14.7 Å². The Labute approximate surface area is 89.2 Å². The predicted octanol–water partition coefficient (Wildman–Crippen LogP) is -2.86. The lowest BCUT2D eigenvalue weighted by Crippen LogP contribution is -2.43. The van der Waals surface area contributed by atoms with Crippen LogP contribution in [0, 0.1) is 0 Å². The van der Waals surface area contributed by atoms with Gasteiger partial charge in [-0.1, -0.05) is 0 Å². The molecular formula is C8H11N3O5. The summed E-state index contributed by atoms with van der Waals surface area (Å²) in [5, 5.41) is 19.4. The van der Waals surface area contributed by atoms with E-state index in [1.165, 1.54) is 6.20 Å². The maximum atomic E-state index is 11.4. The molecule has 0 saturated carbocycles. The second-order valence-corrected chi connectivity index (χ2v) is 3.38. The molecule has 1 aromatic rings. The molecule has 0 bridgehead atoms. The van der Waals surface area contributed by atoms with E-state index in [0.717, 1.165) is 15.9 Å². The normalized spacial score (nSPS) is 25.0. The third-order valence-electron chi connectivity index (χ3n) is 2.26. The van der Waals surface area contributed by atoms with E-state index in [2.05, 4.69) is 0 Å². The molecule has 0 aliphatic carbocycles. The Morgan fingerprint density at radius 2 is 2.31 bits per heavy atom. The number of hydrogen-bond donors (Lipinski definition) is 3. The molecule has 0 aromatic carbocycles. The number of nitrogens with zero attached hydrogens (tertiary/aromatic N) is 2. The van der Waals surface area contributed by atoms with Gasteiger partial charge in [-0.15, -0.1) is 0 Å². The van der Waals surface area contributed by atoms with Crippen LogP contribution < -0.4 is 16.4 Å². The van der Waals surface area contributed by atoms with E-state index in [4.69, 9.17) is 9.94 Å². The Kier molecular flexibility index (Phi) is 2.77. The number of aromatic nitrogens is 2. The summed E-state index contributed by atoms with van der Waals surface area (Å²) in [7, 11) is 0. The minimum atomic E-state index is -0.885. The van der Waals surface area contributed by atoms with Crippen molar-refractivity contribution in [2.45, 2.75) is 12.2 Å². The highest BCUT2D eigenvalue weighted by molar-refractivity contribution is 4.93. The zero-order chi connectivity index (χ0) is 11.7. The summed E-state index contributed by atoms with van der Waals surface area (Å²) in [6, 6.07) is 1.16. The molecule has 1 aliphatic heterocycles. The fourth-order valence-electron chi connectivity index (χ4n) is 1.43.